The first-order chi connectivity index (χ1) is 9.31. The fraction of sp³-hybridized carbons (Fsp3) is 0.385. The number of alkyl halides is 3. The highest BCUT2D eigenvalue weighted by atomic mass is 19.4. The van der Waals surface area contributed by atoms with Gasteiger partial charge in [-0.2, -0.15) is 18.4 Å². The molecular formula is C13H11F3N2O2. The molecule has 1 heterocycles. The molecule has 106 valence electrons. The minimum atomic E-state index is -4.37. The van der Waals surface area contributed by atoms with Crippen molar-refractivity contribution in [3.8, 4) is 6.07 Å². The number of rotatable bonds is 2. The van der Waals surface area contributed by atoms with Crippen molar-refractivity contribution in [2.24, 2.45) is 0 Å². The molecule has 2 N–H and O–H groups in total. The third-order valence-corrected chi connectivity index (χ3v) is 3.17. The van der Waals surface area contributed by atoms with Crippen LogP contribution in [0.15, 0.2) is 12.1 Å². The molecule has 0 saturated heterocycles. The number of carboxylic acid groups (broad SMARTS) is 1. The molecule has 0 aliphatic carbocycles. The van der Waals surface area contributed by atoms with Crippen LogP contribution in [-0.2, 0) is 17.6 Å². The first-order valence-electron chi connectivity index (χ1n) is 5.92. The molecule has 0 aromatic heterocycles. The standard InChI is InChI=1S/C13H11F3N2O2/c14-13(15,16)10-2-1-8-3-7(5-11(19)20)4-9(6-17)12(8)18-10/h3-4,10,18H,1-2,5H2,(H,19,20). The Morgan fingerprint density at radius 2 is 2.20 bits per heavy atom. The largest absolute Gasteiger partial charge is 0.481 e. The van der Waals surface area contributed by atoms with E-state index in [0.29, 0.717) is 11.1 Å². The summed E-state index contributed by atoms with van der Waals surface area (Å²) in [5, 5.41) is 20.1. The molecule has 7 heteroatoms. The summed E-state index contributed by atoms with van der Waals surface area (Å²) in [7, 11) is 0. The summed E-state index contributed by atoms with van der Waals surface area (Å²) in [5.74, 6) is -1.05. The zero-order chi connectivity index (χ0) is 14.9. The van der Waals surface area contributed by atoms with E-state index in [-0.39, 0.29) is 30.5 Å². The van der Waals surface area contributed by atoms with Gasteiger partial charge in [-0.15, -0.1) is 0 Å². The number of anilines is 1. The molecule has 0 fully saturated rings. The predicted octanol–water partition coefficient (Wildman–Crippen LogP) is 2.47. The predicted molar refractivity (Wildman–Crippen MR) is 64.3 cm³/mol. The number of benzene rings is 1. The Bertz CT molecular complexity index is 591. The van der Waals surface area contributed by atoms with E-state index >= 15 is 0 Å². The number of halogens is 3. The van der Waals surface area contributed by atoms with E-state index < -0.39 is 18.2 Å². The van der Waals surface area contributed by atoms with Gasteiger partial charge in [0, 0.05) is 0 Å². The van der Waals surface area contributed by atoms with Crippen LogP contribution >= 0.6 is 0 Å². The lowest BCUT2D eigenvalue weighted by molar-refractivity contribution is -0.144. The molecule has 1 aromatic carbocycles. The Kier molecular flexibility index (Phi) is 3.57. The van der Waals surface area contributed by atoms with Crippen molar-refractivity contribution in [3.05, 3.63) is 28.8 Å². The van der Waals surface area contributed by atoms with Crippen molar-refractivity contribution in [3.63, 3.8) is 0 Å². The van der Waals surface area contributed by atoms with E-state index in [1.54, 1.807) is 6.07 Å². The van der Waals surface area contributed by atoms with Crippen LogP contribution in [0, 0.1) is 11.3 Å². The number of nitrogens with zero attached hydrogens (tertiary/aromatic N) is 1. The van der Waals surface area contributed by atoms with Gasteiger partial charge in [0.05, 0.1) is 17.7 Å². The fourth-order valence-corrected chi connectivity index (χ4v) is 2.29. The molecular weight excluding hydrogens is 273 g/mol. The third-order valence-electron chi connectivity index (χ3n) is 3.17. The third kappa shape index (κ3) is 2.85. The maximum absolute atomic E-state index is 12.7. The van der Waals surface area contributed by atoms with E-state index in [1.807, 2.05) is 6.07 Å². The number of aryl methyl sites for hydroxylation is 1. The van der Waals surface area contributed by atoms with Crippen molar-refractivity contribution in [1.82, 2.24) is 0 Å². The molecule has 1 aromatic rings. The van der Waals surface area contributed by atoms with Crippen LogP contribution in [-0.4, -0.2) is 23.3 Å². The SMILES string of the molecule is N#Cc1cc(CC(=O)O)cc2c1NC(C(F)(F)F)CC2. The van der Waals surface area contributed by atoms with Crippen LogP contribution in [0.25, 0.3) is 0 Å². The van der Waals surface area contributed by atoms with Gasteiger partial charge in [0.2, 0.25) is 0 Å². The average molecular weight is 284 g/mol. The summed E-state index contributed by atoms with van der Waals surface area (Å²) >= 11 is 0. The smallest absolute Gasteiger partial charge is 0.408 e. The van der Waals surface area contributed by atoms with Gasteiger partial charge in [-0.25, -0.2) is 0 Å². The van der Waals surface area contributed by atoms with Gasteiger partial charge >= 0.3 is 12.1 Å². The second-order valence-corrected chi connectivity index (χ2v) is 4.64. The average Bonchev–Trinajstić information content (AvgIpc) is 2.35. The normalized spacial score (nSPS) is 17.8. The maximum atomic E-state index is 12.7. The topological polar surface area (TPSA) is 73.1 Å². The molecule has 1 unspecified atom stereocenters. The van der Waals surface area contributed by atoms with E-state index in [9.17, 15) is 18.0 Å². The zero-order valence-electron chi connectivity index (χ0n) is 10.3. The van der Waals surface area contributed by atoms with Crippen LogP contribution in [0.2, 0.25) is 0 Å². The zero-order valence-corrected chi connectivity index (χ0v) is 10.3. The second kappa shape index (κ2) is 5.04. The molecule has 0 radical (unpaired) electrons. The molecule has 4 nitrogen and oxygen atoms in total. The van der Waals surface area contributed by atoms with E-state index in [2.05, 4.69) is 5.32 Å². The minimum absolute atomic E-state index is 0.0488. The number of hydrogen-bond donors (Lipinski definition) is 2. The highest BCUT2D eigenvalue weighted by molar-refractivity contribution is 5.73. The van der Waals surface area contributed by atoms with Gasteiger partial charge in [-0.05, 0) is 30.0 Å². The maximum Gasteiger partial charge on any atom is 0.408 e. The number of nitriles is 1. The van der Waals surface area contributed by atoms with Crippen LogP contribution in [0.4, 0.5) is 18.9 Å². The Balaban J connectivity index is 2.38. The fourth-order valence-electron chi connectivity index (χ4n) is 2.29. The summed E-state index contributed by atoms with van der Waals surface area (Å²) in [5.41, 5.74) is 1.18. The molecule has 0 saturated carbocycles. The second-order valence-electron chi connectivity index (χ2n) is 4.64. The molecule has 1 aliphatic heterocycles. The van der Waals surface area contributed by atoms with E-state index in [0.717, 1.165) is 0 Å². The number of hydrogen-bond acceptors (Lipinski definition) is 3. The van der Waals surface area contributed by atoms with Crippen LogP contribution in [0.1, 0.15) is 23.1 Å². The molecule has 0 spiro atoms. The number of carboxylic acids is 1. The van der Waals surface area contributed by atoms with Crippen LogP contribution in [0.3, 0.4) is 0 Å². The lowest BCUT2D eigenvalue weighted by Crippen LogP contribution is -2.39. The van der Waals surface area contributed by atoms with Crippen molar-refractivity contribution in [2.75, 3.05) is 5.32 Å². The number of nitrogens with one attached hydrogen (secondary N) is 1. The summed E-state index contributed by atoms with van der Waals surface area (Å²) < 4.78 is 38.1. The Hall–Kier alpha value is -2.23. The Labute approximate surface area is 112 Å². The lowest BCUT2D eigenvalue weighted by atomic mass is 9.92. The Morgan fingerprint density at radius 3 is 2.75 bits per heavy atom. The van der Waals surface area contributed by atoms with Gasteiger partial charge in [0.15, 0.2) is 0 Å². The van der Waals surface area contributed by atoms with Gasteiger partial charge in [0.1, 0.15) is 12.1 Å². The summed E-state index contributed by atoms with van der Waals surface area (Å²) in [4.78, 5) is 10.7. The highest BCUT2D eigenvalue weighted by Crippen LogP contribution is 2.35. The Morgan fingerprint density at radius 1 is 1.50 bits per heavy atom. The van der Waals surface area contributed by atoms with Gasteiger partial charge in [-0.3, -0.25) is 4.79 Å². The van der Waals surface area contributed by atoms with Crippen molar-refractivity contribution in [1.29, 1.82) is 5.26 Å². The van der Waals surface area contributed by atoms with Crippen molar-refractivity contribution >= 4 is 11.7 Å². The summed E-state index contributed by atoms with van der Waals surface area (Å²) in [6.07, 6.45) is -4.60. The monoisotopic (exact) mass is 284 g/mol. The lowest BCUT2D eigenvalue weighted by Gasteiger charge is -2.29. The minimum Gasteiger partial charge on any atom is -0.481 e. The van der Waals surface area contributed by atoms with Crippen LogP contribution in [0.5, 0.6) is 0 Å². The summed E-state index contributed by atoms with van der Waals surface area (Å²) in [6.45, 7) is 0. The molecule has 1 aliphatic rings. The summed E-state index contributed by atoms with van der Waals surface area (Å²) in [6, 6.07) is 3.01. The van der Waals surface area contributed by atoms with Gasteiger partial charge in [-0.1, -0.05) is 6.07 Å². The molecule has 0 amide bonds. The number of fused-ring (bicyclic) bond motifs is 1. The van der Waals surface area contributed by atoms with Gasteiger partial charge in [0.25, 0.3) is 0 Å². The molecule has 1 atom stereocenters. The number of carbonyl (C=O) groups is 1. The molecule has 2 rings (SSSR count). The first-order valence-corrected chi connectivity index (χ1v) is 5.92. The van der Waals surface area contributed by atoms with Gasteiger partial charge < -0.3 is 10.4 Å². The highest BCUT2D eigenvalue weighted by Gasteiger charge is 2.41. The molecule has 20 heavy (non-hydrogen) atoms. The van der Waals surface area contributed by atoms with E-state index in [4.69, 9.17) is 10.4 Å². The quantitative estimate of drug-likeness (QED) is 0.875. The number of aliphatic carboxylic acids is 1. The van der Waals surface area contributed by atoms with Crippen molar-refractivity contribution in [2.45, 2.75) is 31.5 Å². The van der Waals surface area contributed by atoms with Crippen molar-refractivity contribution < 1.29 is 23.1 Å². The van der Waals surface area contributed by atoms with Crippen LogP contribution < -0.4 is 5.32 Å². The van der Waals surface area contributed by atoms with E-state index in [1.165, 1.54) is 6.07 Å². The molecule has 0 bridgehead atoms. The first kappa shape index (κ1) is 14.2.